The van der Waals surface area contributed by atoms with Crippen molar-refractivity contribution in [2.45, 2.75) is 118 Å². The van der Waals surface area contributed by atoms with Crippen LogP contribution in [0.2, 0.25) is 0 Å². The summed E-state index contributed by atoms with van der Waals surface area (Å²) in [7, 11) is 0. The van der Waals surface area contributed by atoms with E-state index in [1.165, 1.54) is 82.6 Å². The van der Waals surface area contributed by atoms with Crippen LogP contribution in [0.5, 0.6) is 0 Å². The second kappa shape index (κ2) is 9.88. The van der Waals surface area contributed by atoms with Gasteiger partial charge in [0.15, 0.2) is 0 Å². The molecule has 1 heteroatoms. The third-order valence-corrected chi connectivity index (χ3v) is 10.0. The van der Waals surface area contributed by atoms with Crippen molar-refractivity contribution in [3.8, 4) is 0 Å². The van der Waals surface area contributed by atoms with Gasteiger partial charge in [0, 0.05) is 5.92 Å². The molecule has 0 bridgehead atoms. The monoisotopic (exact) mass is 402 g/mol. The summed E-state index contributed by atoms with van der Waals surface area (Å²) in [5.41, 5.74) is 1.79. The van der Waals surface area contributed by atoms with Crippen molar-refractivity contribution < 1.29 is 5.11 Å². The number of unbranched alkanes of at least 4 members (excludes halogenated alkanes) is 2. The second-order valence-electron chi connectivity index (χ2n) is 11.9. The van der Waals surface area contributed by atoms with Crippen molar-refractivity contribution in [1.82, 2.24) is 0 Å². The molecular formula is C28H50O. The summed E-state index contributed by atoms with van der Waals surface area (Å²) in [6, 6.07) is 0. The van der Waals surface area contributed by atoms with Gasteiger partial charge in [-0.1, -0.05) is 78.4 Å². The molecule has 3 aliphatic rings. The van der Waals surface area contributed by atoms with Crippen molar-refractivity contribution in [1.29, 1.82) is 0 Å². The first-order valence-electron chi connectivity index (χ1n) is 13.1. The molecule has 3 aliphatic carbocycles. The lowest BCUT2D eigenvalue weighted by atomic mass is 9.58. The molecule has 0 saturated heterocycles. The third-order valence-electron chi connectivity index (χ3n) is 10.0. The molecule has 0 aliphatic heterocycles. The predicted octanol–water partition coefficient (Wildman–Crippen LogP) is 8.02. The van der Waals surface area contributed by atoms with Crippen molar-refractivity contribution >= 4 is 0 Å². The fourth-order valence-corrected chi connectivity index (χ4v) is 7.42. The number of hydrogen-bond acceptors (Lipinski definition) is 1. The van der Waals surface area contributed by atoms with Crippen molar-refractivity contribution in [2.75, 3.05) is 0 Å². The normalized spacial score (nSPS) is 42.3. The van der Waals surface area contributed by atoms with Crippen LogP contribution in [0.1, 0.15) is 112 Å². The Labute approximate surface area is 182 Å². The Bertz CT molecular complexity index is 520. The van der Waals surface area contributed by atoms with Gasteiger partial charge in [0.05, 0.1) is 6.10 Å². The van der Waals surface area contributed by atoms with Crippen LogP contribution < -0.4 is 0 Å². The van der Waals surface area contributed by atoms with Gasteiger partial charge in [0.2, 0.25) is 0 Å². The number of hydrogen-bond donors (Lipinski definition) is 1. The average Bonchev–Trinajstić information content (AvgIpc) is 3.39. The number of aliphatic hydroxyl groups excluding tert-OH is 1. The van der Waals surface area contributed by atoms with E-state index in [1.807, 2.05) is 0 Å². The fraction of sp³-hybridized carbons (Fsp3) is 0.929. The standard InChI is InChI=1S/C28H50O/c1-7-8-9-10-22-11-13-24(14-12-22)28(6)17-15-23(16-18-28)20(4)21(5)26-25(19(2)3)27(26)29/h20-27,29H,2,7-18H2,1,3-6H3/t20?,21-,22?,23?,24?,25?,26-,27+,28?/m0/s1. The van der Waals surface area contributed by atoms with Gasteiger partial charge in [0.1, 0.15) is 0 Å². The largest absolute Gasteiger partial charge is 0.392 e. The molecule has 0 radical (unpaired) electrons. The molecule has 3 fully saturated rings. The third kappa shape index (κ3) is 5.31. The van der Waals surface area contributed by atoms with Crippen LogP contribution in [0.15, 0.2) is 12.2 Å². The van der Waals surface area contributed by atoms with E-state index in [1.54, 1.807) is 0 Å². The topological polar surface area (TPSA) is 20.2 Å². The Morgan fingerprint density at radius 3 is 2.14 bits per heavy atom. The number of aliphatic hydroxyl groups is 1. The molecule has 0 spiro atoms. The summed E-state index contributed by atoms with van der Waals surface area (Å²) in [5.74, 6) is 5.08. The van der Waals surface area contributed by atoms with E-state index < -0.39 is 0 Å². The zero-order chi connectivity index (χ0) is 21.2. The van der Waals surface area contributed by atoms with E-state index in [2.05, 4.69) is 41.2 Å². The first-order valence-corrected chi connectivity index (χ1v) is 13.1. The molecule has 3 saturated carbocycles. The molecule has 29 heavy (non-hydrogen) atoms. The smallest absolute Gasteiger partial charge is 0.0646 e. The molecule has 0 aromatic rings. The van der Waals surface area contributed by atoms with Gasteiger partial charge >= 0.3 is 0 Å². The van der Waals surface area contributed by atoms with Gasteiger partial charge in [0.25, 0.3) is 0 Å². The maximum atomic E-state index is 10.4. The van der Waals surface area contributed by atoms with Crippen LogP contribution in [0.3, 0.4) is 0 Å². The summed E-state index contributed by atoms with van der Waals surface area (Å²) in [4.78, 5) is 0. The van der Waals surface area contributed by atoms with E-state index in [0.717, 1.165) is 23.7 Å². The van der Waals surface area contributed by atoms with Gasteiger partial charge in [-0.3, -0.25) is 0 Å². The first-order chi connectivity index (χ1) is 13.8. The highest BCUT2D eigenvalue weighted by Crippen LogP contribution is 2.55. The molecule has 0 amide bonds. The van der Waals surface area contributed by atoms with Crippen molar-refractivity contribution in [2.24, 2.45) is 46.8 Å². The lowest BCUT2D eigenvalue weighted by molar-refractivity contribution is 0.0340. The molecule has 0 aromatic carbocycles. The van der Waals surface area contributed by atoms with E-state index in [9.17, 15) is 5.11 Å². The van der Waals surface area contributed by atoms with E-state index in [4.69, 9.17) is 0 Å². The van der Waals surface area contributed by atoms with E-state index in [0.29, 0.717) is 23.2 Å². The SMILES string of the molecule is C=C(C)C1[C@H]([C@@H](C)C(C)C2CCC(C)(C3CCC(CCCCC)CC3)CC2)[C@@H]1O. The van der Waals surface area contributed by atoms with Crippen LogP contribution in [-0.4, -0.2) is 11.2 Å². The van der Waals surface area contributed by atoms with Crippen LogP contribution in [0.4, 0.5) is 0 Å². The van der Waals surface area contributed by atoms with Crippen LogP contribution in [-0.2, 0) is 0 Å². The highest BCUT2D eigenvalue weighted by Gasteiger charge is 2.54. The summed E-state index contributed by atoms with van der Waals surface area (Å²) in [5, 5.41) is 10.4. The molecule has 2 unspecified atom stereocenters. The Balaban J connectivity index is 1.44. The summed E-state index contributed by atoms with van der Waals surface area (Å²) < 4.78 is 0. The molecule has 0 heterocycles. The maximum Gasteiger partial charge on any atom is 0.0646 e. The molecule has 5 atom stereocenters. The maximum absolute atomic E-state index is 10.4. The van der Waals surface area contributed by atoms with Gasteiger partial charge < -0.3 is 5.11 Å². The Kier molecular flexibility index (Phi) is 7.96. The summed E-state index contributed by atoms with van der Waals surface area (Å²) in [6.45, 7) is 16.0. The van der Waals surface area contributed by atoms with E-state index >= 15 is 0 Å². The summed E-state index contributed by atoms with van der Waals surface area (Å²) in [6.07, 6.45) is 17.3. The zero-order valence-electron chi connectivity index (χ0n) is 20.3. The molecule has 0 aromatic heterocycles. The average molecular weight is 403 g/mol. The minimum absolute atomic E-state index is 0.119. The highest BCUT2D eigenvalue weighted by atomic mass is 16.3. The minimum Gasteiger partial charge on any atom is -0.392 e. The zero-order valence-corrected chi connectivity index (χ0v) is 20.3. The Morgan fingerprint density at radius 1 is 1.00 bits per heavy atom. The lowest BCUT2D eigenvalue weighted by Gasteiger charge is -2.47. The Hall–Kier alpha value is -0.300. The van der Waals surface area contributed by atoms with Crippen LogP contribution in [0, 0.1) is 46.8 Å². The Morgan fingerprint density at radius 2 is 1.62 bits per heavy atom. The summed E-state index contributed by atoms with van der Waals surface area (Å²) >= 11 is 0. The molecule has 168 valence electrons. The second-order valence-corrected chi connectivity index (χ2v) is 11.9. The lowest BCUT2D eigenvalue weighted by Crippen LogP contribution is -2.37. The molecule has 1 nitrogen and oxygen atoms in total. The molecule has 3 rings (SSSR count). The molecular weight excluding hydrogens is 352 g/mol. The van der Waals surface area contributed by atoms with Crippen molar-refractivity contribution in [3.05, 3.63) is 12.2 Å². The number of rotatable bonds is 9. The van der Waals surface area contributed by atoms with Crippen LogP contribution >= 0.6 is 0 Å². The van der Waals surface area contributed by atoms with Crippen molar-refractivity contribution in [3.63, 3.8) is 0 Å². The fourth-order valence-electron chi connectivity index (χ4n) is 7.42. The first kappa shape index (κ1) is 23.4. The van der Waals surface area contributed by atoms with E-state index in [-0.39, 0.29) is 6.10 Å². The predicted molar refractivity (Wildman–Crippen MR) is 126 cm³/mol. The van der Waals surface area contributed by atoms with Gasteiger partial charge in [-0.15, -0.1) is 0 Å². The quantitative estimate of drug-likeness (QED) is 0.306. The van der Waals surface area contributed by atoms with Crippen LogP contribution in [0.25, 0.3) is 0 Å². The van der Waals surface area contributed by atoms with Gasteiger partial charge in [-0.05, 0) is 86.4 Å². The highest BCUT2D eigenvalue weighted by molar-refractivity contribution is 5.17. The molecule has 1 N–H and O–H groups in total. The van der Waals surface area contributed by atoms with Gasteiger partial charge in [-0.2, -0.15) is 0 Å². The minimum atomic E-state index is -0.119. The van der Waals surface area contributed by atoms with Gasteiger partial charge in [-0.25, -0.2) is 0 Å².